The van der Waals surface area contributed by atoms with Gasteiger partial charge in [-0.05, 0) is 36.4 Å². The molecule has 0 atom stereocenters. The number of methoxy groups -OCH3 is 4. The Bertz CT molecular complexity index is 838. The van der Waals surface area contributed by atoms with Gasteiger partial charge in [-0.1, -0.05) is 6.07 Å². The van der Waals surface area contributed by atoms with Crippen LogP contribution in [-0.4, -0.2) is 33.4 Å². The van der Waals surface area contributed by atoms with Crippen LogP contribution < -0.4 is 18.9 Å². The third-order valence-electron chi connectivity index (χ3n) is 4.12. The minimum Gasteiger partial charge on any atom is -0.497 e. The first-order chi connectivity index (χ1) is 12.7. The number of ether oxygens (including phenoxy) is 4. The zero-order valence-electron chi connectivity index (χ0n) is 15.3. The van der Waals surface area contributed by atoms with Crippen LogP contribution in [0.2, 0.25) is 0 Å². The molecule has 3 rings (SSSR count). The van der Waals surface area contributed by atoms with Gasteiger partial charge in [-0.3, -0.25) is 0 Å². The van der Waals surface area contributed by atoms with Gasteiger partial charge in [0.2, 0.25) is 0 Å². The lowest BCUT2D eigenvalue weighted by Gasteiger charge is -2.13. The van der Waals surface area contributed by atoms with Crippen molar-refractivity contribution in [2.45, 2.75) is 0 Å². The maximum absolute atomic E-state index is 5.50. The maximum atomic E-state index is 5.50. The fraction of sp³-hybridized carbons (Fsp3) is 0.190. The average Bonchev–Trinajstić information content (AvgIpc) is 2.72. The van der Waals surface area contributed by atoms with Gasteiger partial charge >= 0.3 is 0 Å². The first-order valence-electron chi connectivity index (χ1n) is 8.12. The molecule has 2 aromatic carbocycles. The molecule has 0 amide bonds. The maximum Gasteiger partial charge on any atom is 0.131 e. The quantitative estimate of drug-likeness (QED) is 0.657. The number of pyridine rings is 1. The monoisotopic (exact) mass is 351 g/mol. The Kier molecular flexibility index (Phi) is 5.27. The number of aromatic nitrogens is 1. The fourth-order valence-electron chi connectivity index (χ4n) is 2.75. The van der Waals surface area contributed by atoms with Gasteiger partial charge in [0.1, 0.15) is 23.0 Å². The molecule has 1 aromatic heterocycles. The second kappa shape index (κ2) is 7.78. The Balaban J connectivity index is 2.07. The lowest BCUT2D eigenvalue weighted by molar-refractivity contribution is 0.395. The van der Waals surface area contributed by atoms with E-state index in [1.54, 1.807) is 28.4 Å². The highest BCUT2D eigenvalue weighted by Crippen LogP contribution is 2.36. The van der Waals surface area contributed by atoms with Crippen LogP contribution >= 0.6 is 0 Å². The molecular weight excluding hydrogens is 330 g/mol. The summed E-state index contributed by atoms with van der Waals surface area (Å²) in [6.45, 7) is 0. The van der Waals surface area contributed by atoms with Gasteiger partial charge in [0.05, 0.1) is 39.8 Å². The highest BCUT2D eigenvalue weighted by molar-refractivity contribution is 5.74. The van der Waals surface area contributed by atoms with E-state index in [4.69, 9.17) is 23.9 Å². The summed E-state index contributed by atoms with van der Waals surface area (Å²) in [5.74, 6) is 2.88. The number of hydrogen-bond donors (Lipinski definition) is 0. The molecular formula is C21H21NO4. The molecule has 0 saturated heterocycles. The smallest absolute Gasteiger partial charge is 0.131 e. The van der Waals surface area contributed by atoms with E-state index in [-0.39, 0.29) is 0 Å². The van der Waals surface area contributed by atoms with Gasteiger partial charge < -0.3 is 18.9 Å². The van der Waals surface area contributed by atoms with Gasteiger partial charge in [0, 0.05) is 23.3 Å². The van der Waals surface area contributed by atoms with Crippen LogP contribution in [0.15, 0.2) is 54.6 Å². The molecule has 0 unspecified atom stereocenters. The van der Waals surface area contributed by atoms with Gasteiger partial charge in [-0.25, -0.2) is 4.98 Å². The van der Waals surface area contributed by atoms with Crippen LogP contribution in [0.3, 0.4) is 0 Å². The third kappa shape index (κ3) is 3.42. The fourth-order valence-corrected chi connectivity index (χ4v) is 2.75. The van der Waals surface area contributed by atoms with Gasteiger partial charge in [0.15, 0.2) is 0 Å². The van der Waals surface area contributed by atoms with Crippen LogP contribution in [-0.2, 0) is 0 Å². The molecule has 0 aliphatic rings. The minimum absolute atomic E-state index is 0.704. The van der Waals surface area contributed by atoms with Gasteiger partial charge in [-0.15, -0.1) is 0 Å². The molecule has 5 nitrogen and oxygen atoms in total. The third-order valence-corrected chi connectivity index (χ3v) is 4.12. The van der Waals surface area contributed by atoms with Crippen LogP contribution in [0.25, 0.3) is 22.5 Å². The molecule has 0 bridgehead atoms. The van der Waals surface area contributed by atoms with Crippen molar-refractivity contribution in [3.05, 3.63) is 54.6 Å². The first-order valence-corrected chi connectivity index (χ1v) is 8.12. The molecule has 0 saturated carbocycles. The van der Waals surface area contributed by atoms with Gasteiger partial charge in [-0.2, -0.15) is 0 Å². The van der Waals surface area contributed by atoms with Crippen molar-refractivity contribution >= 4 is 0 Å². The predicted octanol–water partition coefficient (Wildman–Crippen LogP) is 4.45. The first kappa shape index (κ1) is 17.6. The van der Waals surface area contributed by atoms with Crippen molar-refractivity contribution in [3.8, 4) is 45.5 Å². The van der Waals surface area contributed by atoms with Crippen LogP contribution in [0.5, 0.6) is 23.0 Å². The Morgan fingerprint density at radius 1 is 0.577 bits per heavy atom. The molecule has 0 spiro atoms. The zero-order valence-corrected chi connectivity index (χ0v) is 15.3. The van der Waals surface area contributed by atoms with E-state index in [2.05, 4.69) is 0 Å². The molecule has 0 aliphatic heterocycles. The summed E-state index contributed by atoms with van der Waals surface area (Å²) in [4.78, 5) is 4.80. The molecule has 3 aromatic rings. The van der Waals surface area contributed by atoms with Crippen LogP contribution in [0, 0.1) is 0 Å². The molecule has 0 aliphatic carbocycles. The Morgan fingerprint density at radius 3 is 1.42 bits per heavy atom. The highest BCUT2D eigenvalue weighted by Gasteiger charge is 2.13. The molecule has 1 heterocycles. The molecule has 26 heavy (non-hydrogen) atoms. The molecule has 0 N–H and O–H groups in total. The van der Waals surface area contributed by atoms with E-state index in [1.807, 2.05) is 54.6 Å². The number of hydrogen-bond acceptors (Lipinski definition) is 5. The van der Waals surface area contributed by atoms with Gasteiger partial charge in [0.25, 0.3) is 0 Å². The van der Waals surface area contributed by atoms with Crippen LogP contribution in [0.1, 0.15) is 0 Å². The SMILES string of the molecule is COc1ccc(-c2cccc(-c3ccc(OC)cc3OC)n2)c(OC)c1. The molecule has 0 fully saturated rings. The Morgan fingerprint density at radius 2 is 1.04 bits per heavy atom. The summed E-state index contributed by atoms with van der Waals surface area (Å²) in [5.41, 5.74) is 3.39. The van der Waals surface area contributed by atoms with Crippen molar-refractivity contribution in [2.75, 3.05) is 28.4 Å². The normalized spacial score (nSPS) is 10.3. The summed E-state index contributed by atoms with van der Waals surface area (Å²) in [5, 5.41) is 0. The predicted molar refractivity (Wildman–Crippen MR) is 101 cm³/mol. The lowest BCUT2D eigenvalue weighted by Crippen LogP contribution is -1.95. The number of nitrogens with zero attached hydrogens (tertiary/aromatic N) is 1. The standard InChI is InChI=1S/C21H21NO4/c1-23-14-8-10-16(20(12-14)25-3)18-6-5-7-19(22-18)17-11-9-15(24-2)13-21(17)26-4/h5-13H,1-4H3. The number of benzene rings is 2. The second-order valence-electron chi connectivity index (χ2n) is 5.54. The summed E-state index contributed by atoms with van der Waals surface area (Å²) in [7, 11) is 6.52. The van der Waals surface area contributed by atoms with Crippen molar-refractivity contribution in [1.29, 1.82) is 0 Å². The van der Waals surface area contributed by atoms with Crippen molar-refractivity contribution in [2.24, 2.45) is 0 Å². The van der Waals surface area contributed by atoms with Crippen molar-refractivity contribution < 1.29 is 18.9 Å². The van der Waals surface area contributed by atoms with E-state index < -0.39 is 0 Å². The summed E-state index contributed by atoms with van der Waals surface area (Å²) < 4.78 is 21.5. The summed E-state index contributed by atoms with van der Waals surface area (Å²) in [6.07, 6.45) is 0. The largest absolute Gasteiger partial charge is 0.497 e. The van der Waals surface area contributed by atoms with E-state index in [1.165, 1.54) is 0 Å². The van der Waals surface area contributed by atoms with Crippen molar-refractivity contribution in [1.82, 2.24) is 4.98 Å². The summed E-state index contributed by atoms with van der Waals surface area (Å²) >= 11 is 0. The van der Waals surface area contributed by atoms with Crippen molar-refractivity contribution in [3.63, 3.8) is 0 Å². The van der Waals surface area contributed by atoms with E-state index in [0.29, 0.717) is 11.5 Å². The Hall–Kier alpha value is -3.21. The molecule has 5 heteroatoms. The number of rotatable bonds is 6. The average molecular weight is 351 g/mol. The topological polar surface area (TPSA) is 49.8 Å². The van der Waals surface area contributed by atoms with Crippen LogP contribution in [0.4, 0.5) is 0 Å². The highest BCUT2D eigenvalue weighted by atomic mass is 16.5. The summed E-state index contributed by atoms with van der Waals surface area (Å²) in [6, 6.07) is 17.2. The second-order valence-corrected chi connectivity index (χ2v) is 5.54. The minimum atomic E-state index is 0.704. The van der Waals surface area contributed by atoms with E-state index in [0.717, 1.165) is 34.0 Å². The van der Waals surface area contributed by atoms with E-state index in [9.17, 15) is 0 Å². The Labute approximate surface area is 153 Å². The molecule has 134 valence electrons. The zero-order chi connectivity index (χ0) is 18.5. The van der Waals surface area contributed by atoms with E-state index >= 15 is 0 Å². The lowest BCUT2D eigenvalue weighted by atomic mass is 10.1. The molecule has 0 radical (unpaired) electrons.